The van der Waals surface area contributed by atoms with Gasteiger partial charge in [0.1, 0.15) is 23.7 Å². The van der Waals surface area contributed by atoms with Crippen molar-refractivity contribution < 1.29 is 23.1 Å². The highest BCUT2D eigenvalue weighted by Crippen LogP contribution is 2.39. The normalized spacial score (nSPS) is 14.2. The number of nitrogens with one attached hydrogen (secondary N) is 3. The summed E-state index contributed by atoms with van der Waals surface area (Å²) in [6.07, 6.45) is 4.70. The summed E-state index contributed by atoms with van der Waals surface area (Å²) in [5.41, 5.74) is 4.74. The second-order valence-corrected chi connectivity index (χ2v) is 11.4. The fraction of sp³-hybridized carbons (Fsp3) is 0.324. The molecule has 45 heavy (non-hydrogen) atoms. The van der Waals surface area contributed by atoms with E-state index in [0.29, 0.717) is 34.8 Å². The van der Waals surface area contributed by atoms with Gasteiger partial charge in [-0.1, -0.05) is 25.5 Å². The zero-order chi connectivity index (χ0) is 31.3. The molecule has 0 spiro atoms. The Kier molecular flexibility index (Phi) is 9.06. The molecule has 5 aromatic rings. The number of aromatic nitrogens is 3. The van der Waals surface area contributed by atoms with Crippen LogP contribution in [0.4, 0.5) is 20.2 Å². The van der Waals surface area contributed by atoms with E-state index < -0.39 is 29.7 Å². The lowest BCUT2D eigenvalue weighted by Gasteiger charge is -2.33. The van der Waals surface area contributed by atoms with Crippen LogP contribution in [0.5, 0.6) is 0 Å². The molecular weight excluding hydrogens is 578 g/mol. The number of rotatable bonds is 12. The summed E-state index contributed by atoms with van der Waals surface area (Å²) in [6, 6.07) is 13.6. The molecular formula is C34H36F2N6O3. The second-order valence-electron chi connectivity index (χ2n) is 11.4. The Balaban J connectivity index is 1.29. The largest absolute Gasteiger partial charge is 0.444 e. The number of aryl methyl sites for hydroxylation is 1. The molecule has 2 unspecified atom stereocenters. The molecule has 0 saturated heterocycles. The van der Waals surface area contributed by atoms with Gasteiger partial charge in [0.15, 0.2) is 0 Å². The van der Waals surface area contributed by atoms with Crippen LogP contribution in [0.1, 0.15) is 47.9 Å². The van der Waals surface area contributed by atoms with Crippen LogP contribution in [0.2, 0.25) is 0 Å². The number of amides is 1. The fourth-order valence-electron chi connectivity index (χ4n) is 5.86. The van der Waals surface area contributed by atoms with Crippen LogP contribution in [0.25, 0.3) is 22.5 Å². The molecule has 1 amide bonds. The number of halogens is 2. The molecule has 3 heterocycles. The maximum absolute atomic E-state index is 14.1. The van der Waals surface area contributed by atoms with Gasteiger partial charge in [-0.3, -0.25) is 4.79 Å². The van der Waals surface area contributed by atoms with Crippen molar-refractivity contribution in [1.29, 1.82) is 0 Å². The van der Waals surface area contributed by atoms with Crippen LogP contribution in [-0.4, -0.2) is 57.7 Å². The first-order chi connectivity index (χ1) is 21.9. The topological polar surface area (TPSA) is 119 Å². The molecule has 3 aromatic carbocycles. The van der Waals surface area contributed by atoms with E-state index in [2.05, 4.69) is 37.4 Å². The number of oxazole rings is 1. The van der Waals surface area contributed by atoms with Gasteiger partial charge in [0, 0.05) is 37.7 Å². The van der Waals surface area contributed by atoms with Gasteiger partial charge in [0.05, 0.1) is 46.3 Å². The lowest BCUT2D eigenvalue weighted by atomic mass is 9.96. The first-order valence-corrected chi connectivity index (χ1v) is 15.3. The highest BCUT2D eigenvalue weighted by molar-refractivity contribution is 6.00. The molecule has 4 N–H and O–H groups in total. The van der Waals surface area contributed by atoms with Crippen molar-refractivity contribution in [3.63, 3.8) is 0 Å². The number of anilines is 2. The van der Waals surface area contributed by atoms with Crippen molar-refractivity contribution in [2.45, 2.75) is 51.2 Å². The maximum Gasteiger partial charge on any atom is 0.251 e. The number of hydrogen-bond donors (Lipinski definition) is 4. The summed E-state index contributed by atoms with van der Waals surface area (Å²) < 4.78 is 33.9. The minimum atomic E-state index is -1.04. The molecule has 1 aliphatic heterocycles. The standard InChI is InChI=1S/C34H36F2N6O3/c1-2-3-12-42-13-10-37-32-25(34-38-11-14-45-34)18-22(19-29(32)42)33(44)41-28(17-21-15-23(35)20-24(36)16-21)30(43)8-9-31-39-26-6-4-5-7-27(26)40-31/h4-7,11,14-16,18-20,28,30,37,43H,2-3,8-10,12-13,17H2,1H3,(H,39,40)(H,41,44). The molecule has 0 bridgehead atoms. The Morgan fingerprint density at radius 1 is 1.16 bits per heavy atom. The Morgan fingerprint density at radius 3 is 2.73 bits per heavy atom. The third kappa shape index (κ3) is 6.99. The van der Waals surface area contributed by atoms with Crippen LogP contribution >= 0.6 is 0 Å². The number of aliphatic hydroxyl groups is 1. The fourth-order valence-corrected chi connectivity index (χ4v) is 5.86. The van der Waals surface area contributed by atoms with Gasteiger partial charge in [-0.25, -0.2) is 18.7 Å². The minimum absolute atomic E-state index is 0.0173. The molecule has 2 atom stereocenters. The molecule has 6 rings (SSSR count). The average Bonchev–Trinajstić information content (AvgIpc) is 3.71. The monoisotopic (exact) mass is 614 g/mol. The summed E-state index contributed by atoms with van der Waals surface area (Å²) >= 11 is 0. The number of hydrogen-bond acceptors (Lipinski definition) is 7. The Bertz CT molecular complexity index is 1720. The van der Waals surface area contributed by atoms with Crippen LogP contribution in [0, 0.1) is 11.6 Å². The van der Waals surface area contributed by atoms with Gasteiger partial charge >= 0.3 is 0 Å². The summed E-state index contributed by atoms with van der Waals surface area (Å²) in [5.74, 6) is -0.810. The highest BCUT2D eigenvalue weighted by Gasteiger charge is 2.27. The number of aliphatic hydroxyl groups excluding tert-OH is 1. The molecule has 1 aliphatic rings. The van der Waals surface area contributed by atoms with Crippen molar-refractivity contribution in [1.82, 2.24) is 20.3 Å². The lowest BCUT2D eigenvalue weighted by molar-refractivity contribution is 0.0814. The maximum atomic E-state index is 14.1. The van der Waals surface area contributed by atoms with Crippen molar-refractivity contribution in [3.05, 3.63) is 95.6 Å². The smallest absolute Gasteiger partial charge is 0.251 e. The van der Waals surface area contributed by atoms with E-state index in [1.54, 1.807) is 12.3 Å². The van der Waals surface area contributed by atoms with Crippen molar-refractivity contribution in [2.24, 2.45) is 0 Å². The molecule has 234 valence electrons. The molecule has 0 saturated carbocycles. The van der Waals surface area contributed by atoms with Gasteiger partial charge in [-0.15, -0.1) is 0 Å². The molecule has 0 aliphatic carbocycles. The number of benzene rings is 3. The summed E-state index contributed by atoms with van der Waals surface area (Å²) in [4.78, 5) is 28.3. The SMILES string of the molecule is CCCCN1CCNc2c(-c3ncco3)cc(C(=O)NC(Cc3cc(F)cc(F)c3)C(O)CCc3nc4ccccc4[nH]3)cc21. The molecule has 0 fully saturated rings. The van der Waals surface area contributed by atoms with E-state index in [9.17, 15) is 18.7 Å². The third-order valence-electron chi connectivity index (χ3n) is 8.12. The number of nitrogens with zero attached hydrogens (tertiary/aromatic N) is 3. The number of aromatic amines is 1. The first kappa shape index (κ1) is 30.3. The minimum Gasteiger partial charge on any atom is -0.444 e. The number of H-pyrrole nitrogens is 1. The van der Waals surface area contributed by atoms with E-state index in [4.69, 9.17) is 4.42 Å². The van der Waals surface area contributed by atoms with Crippen LogP contribution < -0.4 is 15.5 Å². The van der Waals surface area contributed by atoms with Crippen molar-refractivity contribution >= 4 is 28.3 Å². The average molecular weight is 615 g/mol. The molecule has 9 nitrogen and oxygen atoms in total. The van der Waals surface area contributed by atoms with Gasteiger partial charge < -0.3 is 30.0 Å². The Hall–Kier alpha value is -4.77. The number of carbonyl (C=O) groups is 1. The van der Waals surface area contributed by atoms with Gasteiger partial charge in [0.25, 0.3) is 5.91 Å². The zero-order valence-electron chi connectivity index (χ0n) is 25.0. The lowest BCUT2D eigenvalue weighted by Crippen LogP contribution is -2.45. The first-order valence-electron chi connectivity index (χ1n) is 15.3. The van der Waals surface area contributed by atoms with Crippen molar-refractivity contribution in [3.8, 4) is 11.5 Å². The number of unbranched alkanes of at least 4 members (excludes halogenated alkanes) is 1. The molecule has 2 aromatic heterocycles. The van der Waals surface area contributed by atoms with E-state index in [0.717, 1.165) is 61.0 Å². The third-order valence-corrected chi connectivity index (χ3v) is 8.12. The molecule has 11 heteroatoms. The second kappa shape index (κ2) is 13.5. The van der Waals surface area contributed by atoms with Gasteiger partial charge in [-0.2, -0.15) is 0 Å². The van der Waals surface area contributed by atoms with Crippen molar-refractivity contribution in [2.75, 3.05) is 29.9 Å². The summed E-state index contributed by atoms with van der Waals surface area (Å²) in [7, 11) is 0. The quantitative estimate of drug-likeness (QED) is 0.139. The zero-order valence-corrected chi connectivity index (χ0v) is 25.0. The summed E-state index contributed by atoms with van der Waals surface area (Å²) in [5, 5.41) is 17.8. The van der Waals surface area contributed by atoms with E-state index in [1.165, 1.54) is 18.4 Å². The predicted octanol–water partition coefficient (Wildman–Crippen LogP) is 5.86. The van der Waals surface area contributed by atoms with Crippen LogP contribution in [-0.2, 0) is 12.8 Å². The number of carbonyl (C=O) groups excluding carboxylic acids is 1. The van der Waals surface area contributed by atoms with Gasteiger partial charge in [0.2, 0.25) is 5.89 Å². The highest BCUT2D eigenvalue weighted by atomic mass is 19.1. The van der Waals surface area contributed by atoms with Gasteiger partial charge in [-0.05, 0) is 61.2 Å². The Labute approximate surface area is 259 Å². The van der Waals surface area contributed by atoms with E-state index in [-0.39, 0.29) is 12.8 Å². The predicted molar refractivity (Wildman–Crippen MR) is 169 cm³/mol. The van der Waals surface area contributed by atoms with Crippen LogP contribution in [0.15, 0.2) is 71.5 Å². The Morgan fingerprint density at radius 2 is 1.98 bits per heavy atom. The number of imidazole rings is 1. The van der Waals surface area contributed by atoms with E-state index in [1.807, 2.05) is 30.3 Å². The van der Waals surface area contributed by atoms with Crippen LogP contribution in [0.3, 0.4) is 0 Å². The number of fused-ring (bicyclic) bond motifs is 2. The number of para-hydroxylation sites is 2. The van der Waals surface area contributed by atoms with E-state index >= 15 is 0 Å². The molecule has 0 radical (unpaired) electrons. The summed E-state index contributed by atoms with van der Waals surface area (Å²) in [6.45, 7) is 4.47.